The highest BCUT2D eigenvalue weighted by Crippen LogP contribution is 2.49. The zero-order valence-corrected chi connectivity index (χ0v) is 33.2. The van der Waals surface area contributed by atoms with Crippen LogP contribution in [0.2, 0.25) is 0 Å². The van der Waals surface area contributed by atoms with E-state index in [1.54, 1.807) is 0 Å². The predicted molar refractivity (Wildman–Crippen MR) is 262 cm³/mol. The second-order valence-corrected chi connectivity index (χ2v) is 17.5. The third-order valence-corrected chi connectivity index (χ3v) is 14.7. The van der Waals surface area contributed by atoms with Crippen molar-refractivity contribution in [1.29, 1.82) is 0 Å². The molecule has 0 unspecified atom stereocenters. The highest BCUT2D eigenvalue weighted by molar-refractivity contribution is 7.33. The maximum absolute atomic E-state index is 4.17. The van der Waals surface area contributed by atoms with Crippen molar-refractivity contribution in [2.45, 2.75) is 0 Å². The number of para-hydroxylation sites is 1. The summed E-state index contributed by atoms with van der Waals surface area (Å²) in [6, 6.07) is 70.1. The van der Waals surface area contributed by atoms with Crippen molar-refractivity contribution in [3.05, 3.63) is 188 Å². The molecule has 0 spiro atoms. The van der Waals surface area contributed by atoms with Crippen molar-refractivity contribution in [3.63, 3.8) is 0 Å². The smallest absolute Gasteiger partial charge is 0.264 e. The topological polar surface area (TPSA) is 24.1 Å². The molecule has 3 heterocycles. The van der Waals surface area contributed by atoms with Gasteiger partial charge in [0.15, 0.2) is 0 Å². The van der Waals surface area contributed by atoms with Crippen molar-refractivity contribution < 1.29 is 0 Å². The first-order chi connectivity index (χ1) is 29.8. The second-order valence-electron chi connectivity index (χ2n) is 16.4. The van der Waals surface area contributed by atoms with Gasteiger partial charge in [-0.05, 0) is 111 Å². The Hall–Kier alpha value is -7.40. The summed E-state index contributed by atoms with van der Waals surface area (Å²) in [6.45, 7) is 0.0533. The highest BCUT2D eigenvalue weighted by Gasteiger charge is 2.42. The molecule has 0 radical (unpaired) electrons. The molecule has 0 bridgehead atoms. The molecule has 0 aliphatic carbocycles. The van der Waals surface area contributed by atoms with Gasteiger partial charge in [-0.25, -0.2) is 0 Å². The van der Waals surface area contributed by atoms with Crippen LogP contribution in [-0.2, 0) is 0 Å². The molecule has 276 valence electrons. The molecule has 0 saturated heterocycles. The number of fused-ring (bicyclic) bond motifs is 18. The van der Waals surface area contributed by atoms with E-state index in [9.17, 15) is 0 Å². The Morgan fingerprint density at radius 1 is 0.350 bits per heavy atom. The van der Waals surface area contributed by atoms with Gasteiger partial charge in [-0.1, -0.05) is 164 Å². The lowest BCUT2D eigenvalue weighted by Gasteiger charge is -2.36. The molecule has 0 amide bonds. The highest BCUT2D eigenvalue weighted by atomic mass is 32.1. The predicted octanol–water partition coefficient (Wildman–Crippen LogP) is 13.8. The van der Waals surface area contributed by atoms with Crippen LogP contribution in [0.25, 0.3) is 97.0 Å². The molecule has 12 aromatic rings. The Morgan fingerprint density at radius 2 is 0.867 bits per heavy atom. The van der Waals surface area contributed by atoms with Crippen LogP contribution in [0.1, 0.15) is 0 Å². The van der Waals surface area contributed by atoms with E-state index >= 15 is 0 Å². The number of rotatable bonds is 2. The molecule has 2 aliphatic heterocycles. The van der Waals surface area contributed by atoms with Crippen LogP contribution in [0.5, 0.6) is 0 Å². The average molecular weight is 777 g/mol. The molecule has 2 nitrogen and oxygen atoms in total. The van der Waals surface area contributed by atoms with E-state index in [4.69, 9.17) is 0 Å². The summed E-state index contributed by atoms with van der Waals surface area (Å²) >= 11 is 1.93. The monoisotopic (exact) mass is 776 g/mol. The first-order valence-electron chi connectivity index (χ1n) is 20.8. The van der Waals surface area contributed by atoms with Crippen molar-refractivity contribution >= 4 is 131 Å². The van der Waals surface area contributed by atoms with Gasteiger partial charge in [0.2, 0.25) is 0 Å². The molecule has 0 atom stereocenters. The molecule has 2 N–H and O–H groups in total. The molecule has 2 aliphatic rings. The van der Waals surface area contributed by atoms with Crippen LogP contribution < -0.4 is 26.3 Å². The summed E-state index contributed by atoms with van der Waals surface area (Å²) in [5.41, 5.74) is 12.2. The lowest BCUT2D eigenvalue weighted by Crippen LogP contribution is -2.58. The second kappa shape index (κ2) is 12.1. The third-order valence-electron chi connectivity index (χ3n) is 13.4. The first-order valence-corrected chi connectivity index (χ1v) is 21.6. The zero-order valence-electron chi connectivity index (χ0n) is 32.4. The molecule has 14 rings (SSSR count). The van der Waals surface area contributed by atoms with E-state index in [0.29, 0.717) is 0 Å². The quantitative estimate of drug-likeness (QED) is 0.135. The van der Waals surface area contributed by atoms with E-state index in [-0.39, 0.29) is 6.71 Å². The molecule has 4 heteroatoms. The largest absolute Gasteiger partial charge is 0.356 e. The van der Waals surface area contributed by atoms with Gasteiger partial charge in [0.1, 0.15) is 0 Å². The third kappa shape index (κ3) is 4.33. The SMILES string of the molecule is c1ccc2c(c1)Nc1c(-c3ccc4c5ccccc5c5ccccc5c4c3)cc(-c3cccc4c5ccccc5c5ccccc5c34)c3c1B2c1sc2ccccc2c1N3. The van der Waals surface area contributed by atoms with E-state index in [1.165, 1.54) is 135 Å². The van der Waals surface area contributed by atoms with Gasteiger partial charge in [0.05, 0.1) is 5.69 Å². The summed E-state index contributed by atoms with van der Waals surface area (Å²) < 4.78 is 2.67. The molecule has 0 fully saturated rings. The average Bonchev–Trinajstić information content (AvgIpc) is 3.70. The molecular formula is C56H33BN2S. The van der Waals surface area contributed by atoms with Crippen molar-refractivity contribution in [3.8, 4) is 22.3 Å². The normalized spacial score (nSPS) is 12.9. The van der Waals surface area contributed by atoms with Gasteiger partial charge in [0, 0.05) is 43.1 Å². The van der Waals surface area contributed by atoms with Crippen LogP contribution >= 0.6 is 11.3 Å². The summed E-state index contributed by atoms with van der Waals surface area (Å²) in [5.74, 6) is 0. The molecule has 0 saturated carbocycles. The number of nitrogens with one attached hydrogen (secondary N) is 2. The maximum atomic E-state index is 4.17. The Bertz CT molecular complexity index is 3780. The summed E-state index contributed by atoms with van der Waals surface area (Å²) in [4.78, 5) is 0. The Morgan fingerprint density at radius 3 is 1.55 bits per heavy atom. The molecule has 11 aromatic carbocycles. The van der Waals surface area contributed by atoms with Crippen LogP contribution in [0.3, 0.4) is 0 Å². The fourth-order valence-corrected chi connectivity index (χ4v) is 12.2. The minimum Gasteiger partial charge on any atom is -0.356 e. The van der Waals surface area contributed by atoms with Crippen LogP contribution in [0.15, 0.2) is 188 Å². The van der Waals surface area contributed by atoms with Gasteiger partial charge in [-0.3, -0.25) is 0 Å². The van der Waals surface area contributed by atoms with Gasteiger partial charge in [-0.15, -0.1) is 11.3 Å². The van der Waals surface area contributed by atoms with E-state index in [0.717, 1.165) is 0 Å². The molecule has 1 aromatic heterocycles. The first kappa shape index (κ1) is 32.5. The molecule has 60 heavy (non-hydrogen) atoms. The zero-order chi connectivity index (χ0) is 39.1. The van der Waals surface area contributed by atoms with Gasteiger partial charge in [-0.2, -0.15) is 0 Å². The van der Waals surface area contributed by atoms with Gasteiger partial charge in [0.25, 0.3) is 6.71 Å². The fraction of sp³-hybridized carbons (Fsp3) is 0. The number of benzene rings is 11. The van der Waals surface area contributed by atoms with Crippen LogP contribution in [0.4, 0.5) is 22.7 Å². The van der Waals surface area contributed by atoms with Crippen LogP contribution in [-0.4, -0.2) is 6.71 Å². The minimum atomic E-state index is 0.0533. The summed E-state index contributed by atoms with van der Waals surface area (Å²) in [6.07, 6.45) is 0. The maximum Gasteiger partial charge on any atom is 0.264 e. The number of anilines is 4. The fourth-order valence-electron chi connectivity index (χ4n) is 10.9. The number of hydrogen-bond acceptors (Lipinski definition) is 3. The van der Waals surface area contributed by atoms with Crippen molar-refractivity contribution in [2.24, 2.45) is 0 Å². The Balaban J connectivity index is 1.15. The van der Waals surface area contributed by atoms with E-state index < -0.39 is 0 Å². The molecular weight excluding hydrogens is 744 g/mol. The van der Waals surface area contributed by atoms with Gasteiger partial charge < -0.3 is 10.6 Å². The van der Waals surface area contributed by atoms with Crippen molar-refractivity contribution in [1.82, 2.24) is 0 Å². The number of thiophene rings is 1. The van der Waals surface area contributed by atoms with E-state index in [1.807, 2.05) is 11.3 Å². The van der Waals surface area contributed by atoms with Gasteiger partial charge >= 0.3 is 0 Å². The Labute approximate surface area is 350 Å². The summed E-state index contributed by atoms with van der Waals surface area (Å²) in [5, 5.41) is 24.9. The lowest BCUT2D eigenvalue weighted by molar-refractivity contribution is 1.52. The van der Waals surface area contributed by atoms with E-state index in [2.05, 4.69) is 199 Å². The van der Waals surface area contributed by atoms with Crippen molar-refractivity contribution in [2.75, 3.05) is 10.6 Å². The summed E-state index contributed by atoms with van der Waals surface area (Å²) in [7, 11) is 0. The number of hydrogen-bond donors (Lipinski definition) is 2. The lowest BCUT2D eigenvalue weighted by atomic mass is 9.36. The Kier molecular flexibility index (Phi) is 6.55. The minimum absolute atomic E-state index is 0.0533. The van der Waals surface area contributed by atoms with Crippen LogP contribution in [0, 0.1) is 0 Å². The standard InChI is InChI=1S/C56H33BN2S/c1-2-16-35-33(14-1)34-15-4-6-20-39(34)46-30-32(28-29-40(35)46)45-31-47(43-24-13-23-42-38-18-5-3-17-36(38)37-19-7-8-21-41(37)51(42)43)54-52-53(45)58-49-26-11-10-25-48(49)57(52)56-55(59-54)44-22-9-12-27-50(44)60-56/h1-31,58-59H.